The van der Waals surface area contributed by atoms with Crippen molar-refractivity contribution >= 4 is 17.3 Å². The van der Waals surface area contributed by atoms with Crippen molar-refractivity contribution in [2.45, 2.75) is 32.6 Å². The van der Waals surface area contributed by atoms with Crippen LogP contribution in [0.5, 0.6) is 5.75 Å². The van der Waals surface area contributed by atoms with Gasteiger partial charge in [0.15, 0.2) is 0 Å². The quantitative estimate of drug-likeness (QED) is 0.831. The highest BCUT2D eigenvalue weighted by Gasteiger charge is 2.22. The molecule has 0 amide bonds. The summed E-state index contributed by atoms with van der Waals surface area (Å²) in [4.78, 5) is 12.7. The molecule has 1 unspecified atom stereocenters. The van der Waals surface area contributed by atoms with Gasteiger partial charge in [-0.2, -0.15) is 0 Å². The molecule has 1 N–H and O–H groups in total. The van der Waals surface area contributed by atoms with Crippen molar-refractivity contribution < 1.29 is 14.6 Å². The van der Waals surface area contributed by atoms with Crippen LogP contribution in [0.25, 0.3) is 0 Å². The molecule has 4 heteroatoms. The molecule has 21 heavy (non-hydrogen) atoms. The van der Waals surface area contributed by atoms with Crippen molar-refractivity contribution in [3.8, 4) is 5.75 Å². The second-order valence-corrected chi connectivity index (χ2v) is 6.07. The van der Waals surface area contributed by atoms with Crippen molar-refractivity contribution in [1.82, 2.24) is 0 Å². The first-order chi connectivity index (χ1) is 10.1. The van der Waals surface area contributed by atoms with Gasteiger partial charge in [-0.15, -0.1) is 11.3 Å². The molecule has 2 aromatic rings. The van der Waals surface area contributed by atoms with Crippen LogP contribution < -0.4 is 4.74 Å². The maximum atomic E-state index is 11.6. The lowest BCUT2D eigenvalue weighted by Gasteiger charge is -2.16. The molecule has 2 rings (SSSR count). The topological polar surface area (TPSA) is 46.5 Å². The Morgan fingerprint density at radius 1 is 1.38 bits per heavy atom. The Morgan fingerprint density at radius 3 is 2.76 bits per heavy atom. The van der Waals surface area contributed by atoms with Crippen molar-refractivity contribution in [2.75, 3.05) is 6.61 Å². The van der Waals surface area contributed by atoms with Crippen LogP contribution in [0, 0.1) is 6.92 Å². The lowest BCUT2D eigenvalue weighted by molar-refractivity contribution is -0.138. The zero-order chi connectivity index (χ0) is 15.2. The number of rotatable bonds is 7. The van der Waals surface area contributed by atoms with Crippen LogP contribution in [0.4, 0.5) is 0 Å². The van der Waals surface area contributed by atoms with Gasteiger partial charge in [0.2, 0.25) is 0 Å². The number of ether oxygens (including phenoxy) is 1. The SMILES string of the molecule is CCCOc1ccc(C(Cc2cccs2)C(=O)O)c(C)c1. The van der Waals surface area contributed by atoms with Gasteiger partial charge < -0.3 is 9.84 Å². The number of carboxylic acids is 1. The largest absolute Gasteiger partial charge is 0.494 e. The summed E-state index contributed by atoms with van der Waals surface area (Å²) in [5, 5.41) is 11.5. The molecule has 0 saturated heterocycles. The monoisotopic (exact) mass is 304 g/mol. The minimum absolute atomic E-state index is 0.510. The maximum Gasteiger partial charge on any atom is 0.311 e. The Labute approximate surface area is 129 Å². The summed E-state index contributed by atoms with van der Waals surface area (Å²) in [5.41, 5.74) is 1.83. The minimum atomic E-state index is -0.784. The molecule has 0 aliphatic heterocycles. The fourth-order valence-corrected chi connectivity index (χ4v) is 3.06. The first-order valence-electron chi connectivity index (χ1n) is 7.10. The zero-order valence-electron chi connectivity index (χ0n) is 12.3. The van der Waals surface area contributed by atoms with Crippen LogP contribution in [0.1, 0.15) is 35.3 Å². The molecule has 0 radical (unpaired) electrons. The molecule has 0 spiro atoms. The molecule has 1 aromatic heterocycles. The van der Waals surface area contributed by atoms with Crippen LogP contribution in [0.2, 0.25) is 0 Å². The van der Waals surface area contributed by atoms with E-state index in [0.29, 0.717) is 13.0 Å². The van der Waals surface area contributed by atoms with Gasteiger partial charge in [-0.1, -0.05) is 19.1 Å². The lowest BCUT2D eigenvalue weighted by atomic mass is 9.91. The number of benzene rings is 1. The summed E-state index contributed by atoms with van der Waals surface area (Å²) in [6.07, 6.45) is 1.49. The first kappa shape index (κ1) is 15.6. The van der Waals surface area contributed by atoms with E-state index in [-0.39, 0.29) is 0 Å². The van der Waals surface area contributed by atoms with E-state index in [1.54, 1.807) is 11.3 Å². The Balaban J connectivity index is 2.22. The summed E-state index contributed by atoms with van der Waals surface area (Å²) in [6.45, 7) is 4.68. The standard InChI is InChI=1S/C17H20O3S/c1-3-8-20-13-6-7-15(12(2)10-13)16(17(18)19)11-14-5-4-9-21-14/h4-7,9-10,16H,3,8,11H2,1-2H3,(H,18,19). The van der Waals surface area contributed by atoms with Gasteiger partial charge in [0.25, 0.3) is 0 Å². The summed E-state index contributed by atoms with van der Waals surface area (Å²) in [5.74, 6) is -0.490. The number of carbonyl (C=O) groups is 1. The summed E-state index contributed by atoms with van der Waals surface area (Å²) >= 11 is 1.60. The number of carboxylic acid groups (broad SMARTS) is 1. The van der Waals surface area contributed by atoms with Gasteiger partial charge in [0.1, 0.15) is 5.75 Å². The molecule has 1 aromatic carbocycles. The third kappa shape index (κ3) is 4.08. The lowest BCUT2D eigenvalue weighted by Crippen LogP contribution is -2.15. The van der Waals surface area contributed by atoms with Crippen LogP contribution in [0.15, 0.2) is 35.7 Å². The predicted molar refractivity (Wildman–Crippen MR) is 85.4 cm³/mol. The van der Waals surface area contributed by atoms with Gasteiger partial charge in [-0.25, -0.2) is 0 Å². The van der Waals surface area contributed by atoms with Crippen molar-refractivity contribution in [1.29, 1.82) is 0 Å². The highest BCUT2D eigenvalue weighted by Crippen LogP contribution is 2.28. The Kier molecular flexibility index (Phi) is 5.39. The van der Waals surface area contributed by atoms with Crippen molar-refractivity contribution in [3.05, 3.63) is 51.7 Å². The van der Waals surface area contributed by atoms with Crippen LogP contribution in [-0.2, 0) is 11.2 Å². The second-order valence-electron chi connectivity index (χ2n) is 5.04. The predicted octanol–water partition coefficient (Wildman–Crippen LogP) is 4.26. The fraction of sp³-hybridized carbons (Fsp3) is 0.353. The molecule has 0 aliphatic rings. The van der Waals surface area contributed by atoms with Crippen LogP contribution >= 0.6 is 11.3 Å². The third-order valence-corrected chi connectivity index (χ3v) is 4.27. The van der Waals surface area contributed by atoms with Crippen molar-refractivity contribution in [3.63, 3.8) is 0 Å². The van der Waals surface area contributed by atoms with Gasteiger partial charge in [-0.3, -0.25) is 4.79 Å². The van der Waals surface area contributed by atoms with E-state index in [4.69, 9.17) is 4.74 Å². The normalized spacial score (nSPS) is 12.1. The van der Waals surface area contributed by atoms with Gasteiger partial charge >= 0.3 is 5.97 Å². The maximum absolute atomic E-state index is 11.6. The average molecular weight is 304 g/mol. The fourth-order valence-electron chi connectivity index (χ4n) is 2.31. The smallest absolute Gasteiger partial charge is 0.311 e. The molecule has 0 bridgehead atoms. The second kappa shape index (κ2) is 7.27. The molecule has 1 atom stereocenters. The molecule has 112 valence electrons. The zero-order valence-corrected chi connectivity index (χ0v) is 13.2. The summed E-state index contributed by atoms with van der Waals surface area (Å²) in [7, 11) is 0. The highest BCUT2D eigenvalue weighted by molar-refractivity contribution is 7.09. The van der Waals surface area contributed by atoms with Gasteiger partial charge in [0.05, 0.1) is 12.5 Å². The Morgan fingerprint density at radius 2 is 2.19 bits per heavy atom. The van der Waals surface area contributed by atoms with Gasteiger partial charge in [0, 0.05) is 4.88 Å². The average Bonchev–Trinajstić information content (AvgIpc) is 2.96. The molecule has 0 fully saturated rings. The van der Waals surface area contributed by atoms with Gasteiger partial charge in [-0.05, 0) is 54.5 Å². The summed E-state index contributed by atoms with van der Waals surface area (Å²) in [6, 6.07) is 9.60. The van der Waals surface area contributed by atoms with E-state index >= 15 is 0 Å². The molecule has 0 saturated carbocycles. The van der Waals surface area contributed by atoms with Crippen LogP contribution in [-0.4, -0.2) is 17.7 Å². The van der Waals surface area contributed by atoms with E-state index < -0.39 is 11.9 Å². The number of aliphatic carboxylic acids is 1. The van der Waals surface area contributed by atoms with E-state index in [1.807, 2.05) is 42.6 Å². The Bertz CT molecular complexity index is 590. The van der Waals surface area contributed by atoms with E-state index in [0.717, 1.165) is 28.2 Å². The van der Waals surface area contributed by atoms with Crippen LogP contribution in [0.3, 0.4) is 0 Å². The number of thiophene rings is 1. The van der Waals surface area contributed by atoms with E-state index in [2.05, 4.69) is 6.92 Å². The number of hydrogen-bond acceptors (Lipinski definition) is 3. The minimum Gasteiger partial charge on any atom is -0.494 e. The highest BCUT2D eigenvalue weighted by atomic mass is 32.1. The third-order valence-electron chi connectivity index (χ3n) is 3.37. The number of hydrogen-bond donors (Lipinski definition) is 1. The van der Waals surface area contributed by atoms with E-state index in [9.17, 15) is 9.90 Å². The molecular weight excluding hydrogens is 284 g/mol. The van der Waals surface area contributed by atoms with Crippen molar-refractivity contribution in [2.24, 2.45) is 0 Å². The molecule has 1 heterocycles. The number of aryl methyl sites for hydroxylation is 1. The Hall–Kier alpha value is -1.81. The molecule has 3 nitrogen and oxygen atoms in total. The van der Waals surface area contributed by atoms with E-state index in [1.165, 1.54) is 0 Å². The first-order valence-corrected chi connectivity index (χ1v) is 7.98. The summed E-state index contributed by atoms with van der Waals surface area (Å²) < 4.78 is 5.59. The molecular formula is C17H20O3S. The molecule has 0 aliphatic carbocycles.